The van der Waals surface area contributed by atoms with Crippen molar-refractivity contribution >= 4 is 11.1 Å². The van der Waals surface area contributed by atoms with Crippen LogP contribution in [0.15, 0.2) is 72.8 Å². The Morgan fingerprint density at radius 1 is 0.950 bits per heavy atom. The van der Waals surface area contributed by atoms with E-state index < -0.39 is 0 Å². The number of hydrogen-bond donors (Lipinski definition) is 0. The minimum absolute atomic E-state index is 0.583. The number of nitrogens with zero attached hydrogens (tertiary/aromatic N) is 1. The van der Waals surface area contributed by atoms with Gasteiger partial charge in [0.05, 0.1) is 6.07 Å². The molecule has 0 unspecified atom stereocenters. The lowest BCUT2D eigenvalue weighted by atomic mass is 9.91. The highest BCUT2D eigenvalue weighted by atomic mass is 14.2. The van der Waals surface area contributed by atoms with E-state index in [-0.39, 0.29) is 0 Å². The summed E-state index contributed by atoms with van der Waals surface area (Å²) in [4.78, 5) is 0. The smallest absolute Gasteiger partial charge is 0.0944 e. The van der Waals surface area contributed by atoms with Crippen LogP contribution in [0.5, 0.6) is 0 Å². The Bertz CT molecular complexity index is 658. The monoisotopic (exact) mass is 259 g/mol. The minimum atomic E-state index is 0.583. The molecule has 0 aliphatic heterocycles. The van der Waals surface area contributed by atoms with E-state index in [0.29, 0.717) is 12.0 Å². The van der Waals surface area contributed by atoms with Crippen molar-refractivity contribution < 1.29 is 0 Å². The first kappa shape index (κ1) is 13.8. The first-order chi connectivity index (χ1) is 9.72. The van der Waals surface area contributed by atoms with Crippen LogP contribution in [-0.4, -0.2) is 0 Å². The van der Waals surface area contributed by atoms with Crippen LogP contribution in [-0.2, 0) is 0 Å². The van der Waals surface area contributed by atoms with Crippen molar-refractivity contribution in [2.75, 3.05) is 0 Å². The van der Waals surface area contributed by atoms with Gasteiger partial charge < -0.3 is 0 Å². The summed E-state index contributed by atoms with van der Waals surface area (Å²) in [6.45, 7) is 5.92. The molecule has 0 saturated carbocycles. The van der Waals surface area contributed by atoms with E-state index in [1.165, 1.54) is 11.1 Å². The van der Waals surface area contributed by atoms with Gasteiger partial charge in [-0.2, -0.15) is 5.26 Å². The molecule has 0 bridgehead atoms. The van der Waals surface area contributed by atoms with Crippen LogP contribution in [0.25, 0.3) is 11.1 Å². The lowest BCUT2D eigenvalue weighted by Crippen LogP contribution is -1.91. The van der Waals surface area contributed by atoms with E-state index in [1.54, 1.807) is 0 Å². The zero-order valence-electron chi connectivity index (χ0n) is 11.6. The van der Waals surface area contributed by atoms with Crippen LogP contribution in [0.2, 0.25) is 0 Å². The quantitative estimate of drug-likeness (QED) is 0.554. The summed E-state index contributed by atoms with van der Waals surface area (Å²) in [5, 5.41) is 9.01. The zero-order valence-corrected chi connectivity index (χ0v) is 11.6. The summed E-state index contributed by atoms with van der Waals surface area (Å²) in [6, 6.07) is 22.6. The number of benzene rings is 2. The molecule has 2 aromatic carbocycles. The molecule has 0 heterocycles. The molecule has 0 atom stereocenters. The number of hydrogen-bond acceptors (Lipinski definition) is 1. The Labute approximate surface area is 120 Å². The maximum absolute atomic E-state index is 9.01. The van der Waals surface area contributed by atoms with Crippen molar-refractivity contribution in [1.82, 2.24) is 0 Å². The predicted molar refractivity (Wildman–Crippen MR) is 84.7 cm³/mol. The molecule has 0 aliphatic rings. The highest BCUT2D eigenvalue weighted by Gasteiger charge is 2.09. The Hall–Kier alpha value is -2.59. The lowest BCUT2D eigenvalue weighted by Gasteiger charge is -2.13. The fourth-order valence-corrected chi connectivity index (χ4v) is 2.21. The number of rotatable bonds is 4. The number of nitriles is 1. The van der Waals surface area contributed by atoms with Gasteiger partial charge in [0.15, 0.2) is 0 Å². The van der Waals surface area contributed by atoms with E-state index in [1.807, 2.05) is 36.4 Å². The van der Waals surface area contributed by atoms with Gasteiger partial charge in [0, 0.05) is 12.0 Å². The van der Waals surface area contributed by atoms with Crippen LogP contribution in [0.3, 0.4) is 0 Å². The topological polar surface area (TPSA) is 23.8 Å². The molecule has 1 heteroatoms. The van der Waals surface area contributed by atoms with Crippen molar-refractivity contribution in [3.05, 3.63) is 83.9 Å². The highest BCUT2D eigenvalue weighted by molar-refractivity contribution is 5.90. The van der Waals surface area contributed by atoms with Crippen LogP contribution in [0.4, 0.5) is 0 Å². The van der Waals surface area contributed by atoms with Crippen molar-refractivity contribution in [3.63, 3.8) is 0 Å². The SMILES string of the molecule is C=C(C#N)C/C(=C(\C)c1ccccc1)c1ccccc1. The van der Waals surface area contributed by atoms with Crippen molar-refractivity contribution in [1.29, 1.82) is 5.26 Å². The molecular weight excluding hydrogens is 242 g/mol. The van der Waals surface area contributed by atoms with Crippen LogP contribution in [0.1, 0.15) is 24.5 Å². The normalized spacial score (nSPS) is 11.4. The maximum atomic E-state index is 9.01. The van der Waals surface area contributed by atoms with Gasteiger partial charge in [-0.05, 0) is 29.2 Å². The first-order valence-electron chi connectivity index (χ1n) is 6.61. The highest BCUT2D eigenvalue weighted by Crippen LogP contribution is 2.30. The molecule has 0 radical (unpaired) electrons. The van der Waals surface area contributed by atoms with E-state index in [0.717, 1.165) is 11.1 Å². The van der Waals surface area contributed by atoms with Crippen LogP contribution in [0, 0.1) is 11.3 Å². The molecule has 2 rings (SSSR count). The lowest BCUT2D eigenvalue weighted by molar-refractivity contribution is 1.30. The molecule has 0 spiro atoms. The largest absolute Gasteiger partial charge is 0.193 e. The van der Waals surface area contributed by atoms with E-state index in [9.17, 15) is 0 Å². The summed E-state index contributed by atoms with van der Waals surface area (Å²) >= 11 is 0. The average molecular weight is 259 g/mol. The third kappa shape index (κ3) is 3.24. The van der Waals surface area contributed by atoms with Gasteiger partial charge in [-0.1, -0.05) is 67.2 Å². The first-order valence-corrected chi connectivity index (χ1v) is 6.61. The van der Waals surface area contributed by atoms with Gasteiger partial charge in [0.25, 0.3) is 0 Å². The van der Waals surface area contributed by atoms with Crippen molar-refractivity contribution in [2.24, 2.45) is 0 Å². The zero-order chi connectivity index (χ0) is 14.4. The van der Waals surface area contributed by atoms with Gasteiger partial charge in [-0.25, -0.2) is 0 Å². The summed E-state index contributed by atoms with van der Waals surface area (Å²) in [6.07, 6.45) is 0.585. The summed E-state index contributed by atoms with van der Waals surface area (Å²) in [7, 11) is 0. The molecule has 0 aliphatic carbocycles. The molecule has 0 N–H and O–H groups in total. The maximum Gasteiger partial charge on any atom is 0.0944 e. The molecule has 98 valence electrons. The summed E-state index contributed by atoms with van der Waals surface area (Å²) in [5.74, 6) is 0. The van der Waals surface area contributed by atoms with E-state index >= 15 is 0 Å². The second kappa shape index (κ2) is 6.54. The molecule has 2 aromatic rings. The second-order valence-electron chi connectivity index (χ2n) is 4.73. The predicted octanol–water partition coefficient (Wildman–Crippen LogP) is 5.09. The molecule has 0 aromatic heterocycles. The summed E-state index contributed by atoms with van der Waals surface area (Å²) < 4.78 is 0. The Morgan fingerprint density at radius 2 is 1.45 bits per heavy atom. The average Bonchev–Trinajstić information content (AvgIpc) is 2.53. The third-order valence-electron chi connectivity index (χ3n) is 3.33. The van der Waals surface area contributed by atoms with Crippen LogP contribution >= 0.6 is 0 Å². The summed E-state index contributed by atoms with van der Waals surface area (Å²) in [5.41, 5.74) is 5.25. The standard InChI is InChI=1S/C19H17N/c1-15(14-20)13-19(18-11-7-4-8-12-18)16(2)17-9-5-3-6-10-17/h3-12H,1,13H2,2H3/b19-16-. The Kier molecular flexibility index (Phi) is 4.52. The van der Waals surface area contributed by atoms with Gasteiger partial charge in [-0.3, -0.25) is 0 Å². The molecule has 0 fully saturated rings. The van der Waals surface area contributed by atoms with Crippen molar-refractivity contribution in [2.45, 2.75) is 13.3 Å². The van der Waals surface area contributed by atoms with E-state index in [4.69, 9.17) is 5.26 Å². The molecular formula is C19H17N. The second-order valence-corrected chi connectivity index (χ2v) is 4.73. The van der Waals surface area contributed by atoms with Crippen LogP contribution < -0.4 is 0 Å². The molecule has 0 saturated heterocycles. The molecule has 20 heavy (non-hydrogen) atoms. The minimum Gasteiger partial charge on any atom is -0.193 e. The third-order valence-corrected chi connectivity index (χ3v) is 3.33. The van der Waals surface area contributed by atoms with Gasteiger partial charge in [-0.15, -0.1) is 0 Å². The molecule has 1 nitrogen and oxygen atoms in total. The van der Waals surface area contributed by atoms with Gasteiger partial charge in [0.2, 0.25) is 0 Å². The molecule has 0 amide bonds. The Balaban J connectivity index is 2.52. The van der Waals surface area contributed by atoms with Crippen molar-refractivity contribution in [3.8, 4) is 6.07 Å². The number of allylic oxidation sites excluding steroid dienone is 3. The van der Waals surface area contributed by atoms with E-state index in [2.05, 4.69) is 43.8 Å². The van der Waals surface area contributed by atoms with Gasteiger partial charge in [0.1, 0.15) is 0 Å². The van der Waals surface area contributed by atoms with Gasteiger partial charge >= 0.3 is 0 Å². The fourth-order valence-electron chi connectivity index (χ4n) is 2.21. The Morgan fingerprint density at radius 3 is 1.95 bits per heavy atom. The fraction of sp³-hybridized carbons (Fsp3) is 0.105.